The summed E-state index contributed by atoms with van der Waals surface area (Å²) < 4.78 is 5.86. The van der Waals surface area contributed by atoms with E-state index in [9.17, 15) is 4.79 Å². The summed E-state index contributed by atoms with van der Waals surface area (Å²) in [5.74, 6) is 0.435. The maximum absolute atomic E-state index is 12.1. The van der Waals surface area contributed by atoms with Crippen molar-refractivity contribution in [3.05, 3.63) is 41.9 Å². The molecule has 1 fully saturated rings. The lowest BCUT2D eigenvalue weighted by Crippen LogP contribution is -2.31. The fraction of sp³-hybridized carbons (Fsp3) is 0.412. The standard InChI is InChI=1S/C17H21N5O2/c1-12-9-19-17(20-15(23)13-5-3-7-18-10-13)21-16(12)24-11-14-6-4-8-22(14)2/h3,5,7,9-10,14H,4,6,8,11H2,1-2H3,(H,19,20,21,23). The third-order valence-electron chi connectivity index (χ3n) is 4.16. The number of rotatable bonds is 5. The number of ether oxygens (including phenoxy) is 1. The van der Waals surface area contributed by atoms with E-state index in [4.69, 9.17) is 4.74 Å². The first-order chi connectivity index (χ1) is 11.6. The summed E-state index contributed by atoms with van der Waals surface area (Å²) in [6, 6.07) is 3.80. The molecule has 1 aliphatic heterocycles. The minimum atomic E-state index is -0.298. The highest BCUT2D eigenvalue weighted by Gasteiger charge is 2.22. The zero-order valence-corrected chi connectivity index (χ0v) is 13.9. The number of amides is 1. The number of likely N-dealkylation sites (tertiary alicyclic amines) is 1. The second-order valence-electron chi connectivity index (χ2n) is 5.97. The van der Waals surface area contributed by atoms with Gasteiger partial charge in [-0.1, -0.05) is 0 Å². The first-order valence-corrected chi connectivity index (χ1v) is 8.01. The van der Waals surface area contributed by atoms with Crippen LogP contribution in [0.3, 0.4) is 0 Å². The van der Waals surface area contributed by atoms with Crippen LogP contribution in [-0.4, -0.2) is 52.0 Å². The Labute approximate surface area is 141 Å². The summed E-state index contributed by atoms with van der Waals surface area (Å²) >= 11 is 0. The molecule has 1 amide bonds. The molecule has 126 valence electrons. The Hall–Kier alpha value is -2.54. The number of nitrogens with one attached hydrogen (secondary N) is 1. The number of hydrogen-bond acceptors (Lipinski definition) is 6. The number of pyridine rings is 1. The molecule has 0 radical (unpaired) electrons. The Bertz CT molecular complexity index is 707. The maximum atomic E-state index is 12.1. The zero-order chi connectivity index (χ0) is 16.9. The Balaban J connectivity index is 1.66. The van der Waals surface area contributed by atoms with Crippen molar-refractivity contribution in [3.63, 3.8) is 0 Å². The molecule has 0 aliphatic carbocycles. The van der Waals surface area contributed by atoms with Gasteiger partial charge in [0.2, 0.25) is 11.8 Å². The van der Waals surface area contributed by atoms with Crippen molar-refractivity contribution in [1.82, 2.24) is 19.9 Å². The smallest absolute Gasteiger partial charge is 0.259 e. The Morgan fingerprint density at radius 1 is 1.46 bits per heavy atom. The molecule has 2 aromatic heterocycles. The lowest BCUT2D eigenvalue weighted by Gasteiger charge is -2.19. The van der Waals surface area contributed by atoms with Crippen molar-refractivity contribution < 1.29 is 9.53 Å². The fourth-order valence-corrected chi connectivity index (χ4v) is 2.67. The number of nitrogens with zero attached hydrogens (tertiary/aromatic N) is 4. The monoisotopic (exact) mass is 327 g/mol. The topological polar surface area (TPSA) is 80.2 Å². The summed E-state index contributed by atoms with van der Waals surface area (Å²) in [6.45, 7) is 3.58. The van der Waals surface area contributed by atoms with Crippen LogP contribution in [0.5, 0.6) is 5.88 Å². The SMILES string of the molecule is Cc1cnc(NC(=O)c2cccnc2)nc1OCC1CCCN1C. The highest BCUT2D eigenvalue weighted by atomic mass is 16.5. The molecule has 7 nitrogen and oxygen atoms in total. The number of hydrogen-bond donors (Lipinski definition) is 1. The third kappa shape index (κ3) is 3.86. The van der Waals surface area contributed by atoms with Crippen LogP contribution in [0.15, 0.2) is 30.7 Å². The molecule has 3 heterocycles. The van der Waals surface area contributed by atoms with Crippen LogP contribution >= 0.6 is 0 Å². The molecule has 1 saturated heterocycles. The lowest BCUT2D eigenvalue weighted by molar-refractivity contribution is 0.102. The quantitative estimate of drug-likeness (QED) is 0.903. The van der Waals surface area contributed by atoms with Gasteiger partial charge in [-0.05, 0) is 45.5 Å². The number of aromatic nitrogens is 3. The average Bonchev–Trinajstić information content (AvgIpc) is 3.01. The molecule has 1 atom stereocenters. The summed E-state index contributed by atoms with van der Waals surface area (Å²) in [7, 11) is 2.10. The molecular formula is C17H21N5O2. The van der Waals surface area contributed by atoms with E-state index in [-0.39, 0.29) is 11.9 Å². The van der Waals surface area contributed by atoms with E-state index in [1.54, 1.807) is 24.5 Å². The normalized spacial score (nSPS) is 17.7. The van der Waals surface area contributed by atoms with Gasteiger partial charge in [0.05, 0.1) is 5.56 Å². The van der Waals surface area contributed by atoms with Gasteiger partial charge in [-0.15, -0.1) is 0 Å². The van der Waals surface area contributed by atoms with Gasteiger partial charge >= 0.3 is 0 Å². The molecule has 1 N–H and O–H groups in total. The molecule has 24 heavy (non-hydrogen) atoms. The highest BCUT2D eigenvalue weighted by molar-refractivity contribution is 6.03. The van der Waals surface area contributed by atoms with Gasteiger partial charge in [0, 0.05) is 30.2 Å². The molecule has 1 unspecified atom stereocenters. The van der Waals surface area contributed by atoms with Crippen molar-refractivity contribution in [1.29, 1.82) is 0 Å². The largest absolute Gasteiger partial charge is 0.476 e. The third-order valence-corrected chi connectivity index (χ3v) is 4.16. The van der Waals surface area contributed by atoms with E-state index in [1.807, 2.05) is 6.92 Å². The Morgan fingerprint density at radius 2 is 2.33 bits per heavy atom. The molecule has 0 aromatic carbocycles. The second-order valence-corrected chi connectivity index (χ2v) is 5.97. The molecule has 0 bridgehead atoms. The summed E-state index contributed by atoms with van der Waals surface area (Å²) in [6.07, 6.45) is 7.09. The van der Waals surface area contributed by atoms with E-state index in [1.165, 1.54) is 12.6 Å². The molecule has 0 saturated carbocycles. The van der Waals surface area contributed by atoms with Crippen molar-refractivity contribution in [2.75, 3.05) is 25.5 Å². The fourth-order valence-electron chi connectivity index (χ4n) is 2.67. The van der Waals surface area contributed by atoms with E-state index in [2.05, 4.69) is 32.2 Å². The van der Waals surface area contributed by atoms with Crippen molar-refractivity contribution in [2.45, 2.75) is 25.8 Å². The van der Waals surface area contributed by atoms with E-state index < -0.39 is 0 Å². The molecule has 2 aromatic rings. The molecule has 1 aliphatic rings. The molecule has 7 heteroatoms. The first kappa shape index (κ1) is 16.3. The highest BCUT2D eigenvalue weighted by Crippen LogP contribution is 2.19. The predicted molar refractivity (Wildman–Crippen MR) is 90.1 cm³/mol. The second kappa shape index (κ2) is 7.35. The van der Waals surface area contributed by atoms with Crippen molar-refractivity contribution in [2.24, 2.45) is 0 Å². The van der Waals surface area contributed by atoms with E-state index in [0.717, 1.165) is 18.5 Å². The van der Waals surface area contributed by atoms with Gasteiger partial charge in [-0.2, -0.15) is 4.98 Å². The number of likely N-dealkylation sites (N-methyl/N-ethyl adjacent to an activating group) is 1. The van der Waals surface area contributed by atoms with Crippen molar-refractivity contribution in [3.8, 4) is 5.88 Å². The Morgan fingerprint density at radius 3 is 3.04 bits per heavy atom. The predicted octanol–water partition coefficient (Wildman–Crippen LogP) is 1.91. The number of carbonyl (C=O) groups is 1. The summed E-state index contributed by atoms with van der Waals surface area (Å²) in [4.78, 5) is 26.8. The summed E-state index contributed by atoms with van der Waals surface area (Å²) in [5.41, 5.74) is 1.30. The van der Waals surface area contributed by atoms with Gasteiger partial charge in [-0.25, -0.2) is 4.98 Å². The zero-order valence-electron chi connectivity index (χ0n) is 13.9. The van der Waals surface area contributed by atoms with Crippen LogP contribution in [0.2, 0.25) is 0 Å². The molecular weight excluding hydrogens is 306 g/mol. The number of carbonyl (C=O) groups excluding carboxylic acids is 1. The van der Waals surface area contributed by atoms with Crippen LogP contribution in [0.25, 0.3) is 0 Å². The number of aryl methyl sites for hydroxylation is 1. The van der Waals surface area contributed by atoms with Crippen LogP contribution in [0.4, 0.5) is 5.95 Å². The van der Waals surface area contributed by atoms with Crippen LogP contribution in [0.1, 0.15) is 28.8 Å². The minimum absolute atomic E-state index is 0.226. The van der Waals surface area contributed by atoms with Gasteiger partial charge in [0.25, 0.3) is 5.91 Å². The van der Waals surface area contributed by atoms with Gasteiger partial charge < -0.3 is 9.64 Å². The first-order valence-electron chi connectivity index (χ1n) is 8.01. The van der Waals surface area contributed by atoms with Crippen LogP contribution < -0.4 is 10.1 Å². The lowest BCUT2D eigenvalue weighted by atomic mass is 10.2. The van der Waals surface area contributed by atoms with Gasteiger partial charge in [0.15, 0.2) is 0 Å². The molecule has 0 spiro atoms. The maximum Gasteiger partial charge on any atom is 0.259 e. The van der Waals surface area contributed by atoms with E-state index in [0.29, 0.717) is 24.1 Å². The number of anilines is 1. The Kier molecular flexibility index (Phi) is 5.00. The van der Waals surface area contributed by atoms with Crippen molar-refractivity contribution >= 4 is 11.9 Å². The van der Waals surface area contributed by atoms with Crippen LogP contribution in [-0.2, 0) is 0 Å². The van der Waals surface area contributed by atoms with E-state index >= 15 is 0 Å². The minimum Gasteiger partial charge on any atom is -0.476 e. The van der Waals surface area contributed by atoms with Crippen LogP contribution in [0, 0.1) is 6.92 Å². The van der Waals surface area contributed by atoms with Gasteiger partial charge in [0.1, 0.15) is 6.61 Å². The van der Waals surface area contributed by atoms with Gasteiger partial charge in [-0.3, -0.25) is 15.1 Å². The summed E-state index contributed by atoms with van der Waals surface area (Å²) in [5, 5.41) is 2.67. The molecule has 3 rings (SSSR count). The average molecular weight is 327 g/mol.